The third-order valence-corrected chi connectivity index (χ3v) is 5.13. The van der Waals surface area contributed by atoms with Gasteiger partial charge in [0.1, 0.15) is 0 Å². The predicted octanol–water partition coefficient (Wildman–Crippen LogP) is 1.83. The quantitative estimate of drug-likeness (QED) is 0.264. The molecule has 0 saturated heterocycles. The summed E-state index contributed by atoms with van der Waals surface area (Å²) in [6, 6.07) is 4.39. The Morgan fingerprint density at radius 1 is 0.839 bits per heavy atom. The molecule has 3 N–H and O–H groups in total. The van der Waals surface area contributed by atoms with Crippen molar-refractivity contribution in [1.82, 2.24) is 0 Å². The Kier molecular flexibility index (Phi) is 12.8. The lowest BCUT2D eigenvalue weighted by Crippen LogP contribution is -2.26. The molecule has 0 atom stereocenters. The molecule has 1 aromatic rings. The number of ether oxygens (including phenoxy) is 5. The fraction of sp³-hybridized carbons (Fsp3) is 0.739. The lowest BCUT2D eigenvalue weighted by atomic mass is 9.98. The van der Waals surface area contributed by atoms with E-state index in [4.69, 9.17) is 34.5 Å². The number of rotatable bonds is 18. The van der Waals surface area contributed by atoms with E-state index in [0.29, 0.717) is 72.0 Å². The highest BCUT2D eigenvalue weighted by Gasteiger charge is 2.21. The van der Waals surface area contributed by atoms with Crippen LogP contribution in [0, 0.1) is 0 Å². The highest BCUT2D eigenvalue weighted by Crippen LogP contribution is 2.34. The molecule has 178 valence electrons. The average molecular weight is 441 g/mol. The summed E-state index contributed by atoms with van der Waals surface area (Å²) >= 11 is 0. The zero-order valence-electron chi connectivity index (χ0n) is 19.1. The average Bonchev–Trinajstić information content (AvgIpc) is 3.14. The molecule has 8 heteroatoms. The number of aliphatic hydroxyl groups is 1. The number of benzene rings is 1. The minimum Gasteiger partial charge on any atom is -0.398 e. The summed E-state index contributed by atoms with van der Waals surface area (Å²) < 4.78 is 27.1. The molecule has 0 saturated carbocycles. The van der Waals surface area contributed by atoms with Crippen molar-refractivity contribution in [3.8, 4) is 0 Å². The Bertz CT molecular complexity index is 614. The van der Waals surface area contributed by atoms with E-state index in [2.05, 4.69) is 30.9 Å². The summed E-state index contributed by atoms with van der Waals surface area (Å²) in [4.78, 5) is 2.39. The number of hydrogen-bond donors (Lipinski definition) is 2. The summed E-state index contributed by atoms with van der Waals surface area (Å²) in [5.74, 6) is 0.426. The first-order chi connectivity index (χ1) is 15.1. The molecule has 0 fully saturated rings. The number of fused-ring (bicyclic) bond motifs is 1. The van der Waals surface area contributed by atoms with Crippen molar-refractivity contribution in [3.63, 3.8) is 0 Å². The minimum absolute atomic E-state index is 0.0380. The Labute approximate surface area is 186 Å². The third kappa shape index (κ3) is 9.72. The van der Waals surface area contributed by atoms with Gasteiger partial charge >= 0.3 is 0 Å². The molecule has 0 bridgehead atoms. The lowest BCUT2D eigenvalue weighted by molar-refractivity contribution is -0.0128. The molecule has 1 heterocycles. The van der Waals surface area contributed by atoms with Gasteiger partial charge in [0, 0.05) is 24.5 Å². The summed E-state index contributed by atoms with van der Waals surface area (Å²) in [6.07, 6.45) is 1.05. The van der Waals surface area contributed by atoms with Crippen molar-refractivity contribution in [2.24, 2.45) is 0 Å². The van der Waals surface area contributed by atoms with Crippen LogP contribution in [0.4, 0.5) is 11.4 Å². The molecule has 31 heavy (non-hydrogen) atoms. The number of aliphatic hydroxyl groups excluding tert-OH is 1. The van der Waals surface area contributed by atoms with E-state index in [0.717, 1.165) is 25.2 Å². The predicted molar refractivity (Wildman–Crippen MR) is 122 cm³/mol. The minimum atomic E-state index is 0.0380. The summed E-state index contributed by atoms with van der Waals surface area (Å²) in [5, 5.41) is 8.57. The van der Waals surface area contributed by atoms with Gasteiger partial charge in [-0.25, -0.2) is 0 Å². The molecule has 0 spiro atoms. The van der Waals surface area contributed by atoms with E-state index in [9.17, 15) is 0 Å². The Hall–Kier alpha value is -1.42. The molecule has 1 aromatic carbocycles. The van der Waals surface area contributed by atoms with Gasteiger partial charge in [-0.1, -0.05) is 13.8 Å². The monoisotopic (exact) mass is 440 g/mol. The van der Waals surface area contributed by atoms with Crippen LogP contribution in [0.5, 0.6) is 0 Å². The van der Waals surface area contributed by atoms with E-state index in [-0.39, 0.29) is 6.61 Å². The highest BCUT2D eigenvalue weighted by atomic mass is 16.6. The fourth-order valence-corrected chi connectivity index (χ4v) is 3.49. The molecular formula is C23H40N2O6. The van der Waals surface area contributed by atoms with Gasteiger partial charge in [0.2, 0.25) is 0 Å². The molecule has 0 amide bonds. The molecule has 0 unspecified atom stereocenters. The van der Waals surface area contributed by atoms with Crippen molar-refractivity contribution < 1.29 is 28.8 Å². The molecule has 1 aliphatic heterocycles. The van der Waals surface area contributed by atoms with Crippen LogP contribution in [0.3, 0.4) is 0 Å². The molecule has 0 radical (unpaired) electrons. The van der Waals surface area contributed by atoms with Crippen LogP contribution >= 0.6 is 0 Å². The molecule has 0 aliphatic carbocycles. The van der Waals surface area contributed by atoms with Crippen LogP contribution in [0.2, 0.25) is 0 Å². The second kappa shape index (κ2) is 15.4. The fourth-order valence-electron chi connectivity index (χ4n) is 3.49. The van der Waals surface area contributed by atoms with Gasteiger partial charge in [-0.2, -0.15) is 0 Å². The summed E-state index contributed by atoms with van der Waals surface area (Å²) in [6.45, 7) is 11.6. The number of hydrogen-bond acceptors (Lipinski definition) is 8. The van der Waals surface area contributed by atoms with Gasteiger partial charge in [0.25, 0.3) is 0 Å². The first-order valence-corrected chi connectivity index (χ1v) is 11.3. The van der Waals surface area contributed by atoms with Crippen LogP contribution in [-0.4, -0.2) is 90.9 Å². The maximum atomic E-state index is 8.57. The van der Waals surface area contributed by atoms with Gasteiger partial charge in [-0.3, -0.25) is 0 Å². The number of nitrogen functional groups attached to an aromatic ring is 1. The van der Waals surface area contributed by atoms with Gasteiger partial charge in [-0.15, -0.1) is 0 Å². The first kappa shape index (κ1) is 25.8. The van der Waals surface area contributed by atoms with Crippen LogP contribution in [0.1, 0.15) is 30.9 Å². The Balaban J connectivity index is 1.43. The maximum Gasteiger partial charge on any atom is 0.0701 e. The second-order valence-corrected chi connectivity index (χ2v) is 7.79. The zero-order valence-corrected chi connectivity index (χ0v) is 19.1. The van der Waals surface area contributed by atoms with Crippen LogP contribution in [0.15, 0.2) is 12.1 Å². The van der Waals surface area contributed by atoms with Gasteiger partial charge in [0.15, 0.2) is 0 Å². The smallest absolute Gasteiger partial charge is 0.0701 e. The maximum absolute atomic E-state index is 8.57. The molecule has 1 aliphatic rings. The van der Waals surface area contributed by atoms with Crippen LogP contribution in [-0.2, 0) is 30.1 Å². The van der Waals surface area contributed by atoms with Crippen molar-refractivity contribution in [2.75, 3.05) is 96.4 Å². The largest absolute Gasteiger partial charge is 0.398 e. The molecular weight excluding hydrogens is 400 g/mol. The standard InChI is InChI=1S/C23H40N2O6/c1-19(2)21-18-23-20(17-22(21)24)3-4-25(23)5-7-27-9-11-29-13-15-31-16-14-30-12-10-28-8-6-26/h17-19,26H,3-16,24H2,1-2H3. The number of anilines is 2. The Morgan fingerprint density at radius 2 is 1.35 bits per heavy atom. The number of nitrogens with two attached hydrogens (primary N) is 1. The van der Waals surface area contributed by atoms with Gasteiger partial charge < -0.3 is 39.4 Å². The third-order valence-electron chi connectivity index (χ3n) is 5.13. The van der Waals surface area contributed by atoms with Crippen LogP contribution < -0.4 is 10.6 Å². The van der Waals surface area contributed by atoms with Crippen molar-refractivity contribution >= 4 is 11.4 Å². The molecule has 8 nitrogen and oxygen atoms in total. The zero-order chi connectivity index (χ0) is 22.3. The van der Waals surface area contributed by atoms with Gasteiger partial charge in [0.05, 0.1) is 72.7 Å². The van der Waals surface area contributed by atoms with Crippen molar-refractivity contribution in [2.45, 2.75) is 26.2 Å². The van der Waals surface area contributed by atoms with E-state index < -0.39 is 0 Å². The number of nitrogens with zero attached hydrogens (tertiary/aromatic N) is 1. The van der Waals surface area contributed by atoms with Gasteiger partial charge in [-0.05, 0) is 35.6 Å². The summed E-state index contributed by atoms with van der Waals surface area (Å²) in [7, 11) is 0. The van der Waals surface area contributed by atoms with E-state index >= 15 is 0 Å². The molecule has 0 aromatic heterocycles. The van der Waals surface area contributed by atoms with E-state index in [1.54, 1.807) is 0 Å². The topological polar surface area (TPSA) is 95.6 Å². The SMILES string of the molecule is CC(C)c1cc2c(cc1N)CCN2CCOCCOCCOCCOCCOCCO. The lowest BCUT2D eigenvalue weighted by Gasteiger charge is -2.21. The molecule has 2 rings (SSSR count). The summed E-state index contributed by atoms with van der Waals surface area (Å²) in [5.41, 5.74) is 11.0. The highest BCUT2D eigenvalue weighted by molar-refractivity contribution is 5.67. The van der Waals surface area contributed by atoms with Crippen molar-refractivity contribution in [3.05, 3.63) is 23.3 Å². The first-order valence-electron chi connectivity index (χ1n) is 11.3. The Morgan fingerprint density at radius 3 is 1.87 bits per heavy atom. The normalized spacial score (nSPS) is 13.4. The van der Waals surface area contributed by atoms with Crippen LogP contribution in [0.25, 0.3) is 0 Å². The van der Waals surface area contributed by atoms with E-state index in [1.807, 2.05) is 0 Å². The van der Waals surface area contributed by atoms with Crippen molar-refractivity contribution in [1.29, 1.82) is 0 Å². The second-order valence-electron chi connectivity index (χ2n) is 7.79. The van der Waals surface area contributed by atoms with E-state index in [1.165, 1.54) is 16.8 Å².